The highest BCUT2D eigenvalue weighted by molar-refractivity contribution is 7.71. The average molecular weight is 202 g/mol. The third-order valence-electron chi connectivity index (χ3n) is 1.70. The Hall–Kier alpha value is -1.26. The van der Waals surface area contributed by atoms with Crippen LogP contribution < -0.4 is 11.1 Å². The maximum absolute atomic E-state index is 10.7. The molecule has 0 atom stereocenters. The molecule has 0 aromatic rings. The van der Waals surface area contributed by atoms with Gasteiger partial charge in [-0.2, -0.15) is 8.42 Å². The zero-order chi connectivity index (χ0) is 9.84. The van der Waals surface area contributed by atoms with Crippen LogP contribution in [-0.2, 0) is 15.1 Å². The Morgan fingerprint density at radius 3 is 2.54 bits per heavy atom. The standard InChI is InChI=1S/C7H10N2O3S/c8-7(10)6(4-13(11)12)9-3-5-1-2-5/h5,9H,1-3H2,(H2,8,10). The fourth-order valence-corrected chi connectivity index (χ4v) is 1.16. The van der Waals surface area contributed by atoms with Gasteiger partial charge in [0.05, 0.1) is 0 Å². The van der Waals surface area contributed by atoms with E-state index in [1.54, 1.807) is 0 Å². The zero-order valence-electron chi connectivity index (χ0n) is 6.91. The van der Waals surface area contributed by atoms with Gasteiger partial charge < -0.3 is 11.1 Å². The number of amides is 1. The van der Waals surface area contributed by atoms with Gasteiger partial charge in [-0.1, -0.05) is 0 Å². The third-order valence-corrected chi connectivity index (χ3v) is 2.07. The summed E-state index contributed by atoms with van der Waals surface area (Å²) in [6.07, 6.45) is 2.22. The van der Waals surface area contributed by atoms with Crippen LogP contribution in [0.2, 0.25) is 0 Å². The number of carbonyl (C=O) groups excluding carboxylic acids is 1. The molecule has 1 aliphatic carbocycles. The molecule has 0 aromatic carbocycles. The van der Waals surface area contributed by atoms with Gasteiger partial charge in [0.2, 0.25) is 0 Å². The lowest BCUT2D eigenvalue weighted by Gasteiger charge is -2.01. The van der Waals surface area contributed by atoms with Gasteiger partial charge in [0.1, 0.15) is 0 Å². The molecule has 0 heterocycles. The summed E-state index contributed by atoms with van der Waals surface area (Å²) in [4.78, 5) is 10.7. The van der Waals surface area contributed by atoms with Gasteiger partial charge in [-0.15, -0.1) is 0 Å². The Morgan fingerprint density at radius 2 is 2.15 bits per heavy atom. The lowest BCUT2D eigenvalue weighted by molar-refractivity contribution is -0.114. The molecular formula is C7H10N2O3S. The first-order chi connectivity index (χ1) is 6.09. The van der Waals surface area contributed by atoms with Crippen molar-refractivity contribution in [3.05, 3.63) is 5.70 Å². The van der Waals surface area contributed by atoms with Crippen LogP contribution in [0.5, 0.6) is 0 Å². The molecule has 0 unspecified atom stereocenters. The lowest BCUT2D eigenvalue weighted by atomic mass is 10.4. The predicted molar refractivity (Wildman–Crippen MR) is 47.4 cm³/mol. The van der Waals surface area contributed by atoms with Gasteiger partial charge in [-0.25, -0.2) is 0 Å². The summed E-state index contributed by atoms with van der Waals surface area (Å²) in [6, 6.07) is 0. The molecule has 13 heavy (non-hydrogen) atoms. The van der Waals surface area contributed by atoms with E-state index in [0.29, 0.717) is 12.5 Å². The third kappa shape index (κ3) is 3.78. The molecule has 0 saturated heterocycles. The molecule has 72 valence electrons. The van der Waals surface area contributed by atoms with E-state index >= 15 is 0 Å². The van der Waals surface area contributed by atoms with Gasteiger partial charge in [-0.3, -0.25) is 4.79 Å². The van der Waals surface area contributed by atoms with Crippen LogP contribution in [0.1, 0.15) is 12.8 Å². The summed E-state index contributed by atoms with van der Waals surface area (Å²) in [5, 5.41) is 4.56. The topological polar surface area (TPSA) is 89.3 Å². The van der Waals surface area contributed by atoms with Crippen LogP contribution in [0.4, 0.5) is 0 Å². The quantitative estimate of drug-likeness (QED) is 0.435. The Kier molecular flexibility index (Phi) is 3.11. The van der Waals surface area contributed by atoms with Crippen LogP contribution in [0.15, 0.2) is 5.70 Å². The van der Waals surface area contributed by atoms with Crippen molar-refractivity contribution in [2.24, 2.45) is 11.7 Å². The summed E-state index contributed by atoms with van der Waals surface area (Å²) < 4.78 is 20.4. The highest BCUT2D eigenvalue weighted by Gasteiger charge is 2.21. The monoisotopic (exact) mass is 202 g/mol. The Balaban J connectivity index is 2.67. The van der Waals surface area contributed by atoms with Crippen LogP contribution in [0, 0.1) is 5.92 Å². The Bertz CT molecular complexity index is 367. The molecule has 0 aliphatic heterocycles. The highest BCUT2D eigenvalue weighted by atomic mass is 32.2. The summed E-state index contributed by atoms with van der Waals surface area (Å²) >= 11 is 0. The number of hydrogen-bond donors (Lipinski definition) is 2. The molecular weight excluding hydrogens is 192 g/mol. The zero-order valence-corrected chi connectivity index (χ0v) is 7.73. The Morgan fingerprint density at radius 1 is 1.54 bits per heavy atom. The minimum Gasteiger partial charge on any atom is -0.373 e. The number of rotatable bonds is 4. The number of nitrogens with two attached hydrogens (primary N) is 1. The van der Waals surface area contributed by atoms with Crippen molar-refractivity contribution in [1.29, 1.82) is 0 Å². The summed E-state index contributed by atoms with van der Waals surface area (Å²) in [6.45, 7) is 0.586. The van der Waals surface area contributed by atoms with Crippen molar-refractivity contribution >= 4 is 21.2 Å². The molecule has 6 heteroatoms. The summed E-state index contributed by atoms with van der Waals surface area (Å²) in [5.74, 6) is -0.263. The van der Waals surface area contributed by atoms with E-state index in [1.165, 1.54) is 0 Å². The van der Waals surface area contributed by atoms with E-state index in [-0.39, 0.29) is 5.70 Å². The molecule has 1 amide bonds. The molecule has 1 saturated carbocycles. The summed E-state index contributed by atoms with van der Waals surface area (Å²) in [5.41, 5.74) is 4.75. The van der Waals surface area contributed by atoms with Crippen molar-refractivity contribution in [3.8, 4) is 0 Å². The molecule has 0 radical (unpaired) electrons. The van der Waals surface area contributed by atoms with Gasteiger partial charge in [0.25, 0.3) is 16.2 Å². The average Bonchev–Trinajstić information content (AvgIpc) is 2.79. The maximum Gasteiger partial charge on any atom is 0.273 e. The van der Waals surface area contributed by atoms with Crippen LogP contribution in [0.3, 0.4) is 0 Å². The molecule has 0 bridgehead atoms. The molecule has 1 rings (SSSR count). The van der Waals surface area contributed by atoms with Crippen molar-refractivity contribution in [3.63, 3.8) is 0 Å². The van der Waals surface area contributed by atoms with Crippen molar-refractivity contribution in [2.75, 3.05) is 6.54 Å². The smallest absolute Gasteiger partial charge is 0.273 e. The normalized spacial score (nSPS) is 14.5. The molecule has 0 spiro atoms. The second kappa shape index (κ2) is 4.11. The summed E-state index contributed by atoms with van der Waals surface area (Å²) in [7, 11) is -2.51. The van der Waals surface area contributed by atoms with E-state index in [2.05, 4.69) is 5.32 Å². The molecule has 0 aromatic heterocycles. The van der Waals surface area contributed by atoms with Crippen molar-refractivity contribution in [1.82, 2.24) is 5.32 Å². The first-order valence-electron chi connectivity index (χ1n) is 3.86. The maximum atomic E-state index is 10.7. The number of nitrogens with one attached hydrogen (secondary N) is 1. The van der Waals surface area contributed by atoms with Crippen LogP contribution in [0.25, 0.3) is 0 Å². The SMILES string of the molecule is NC(=O)C(=C=S(=O)=O)NCC1CC1. The number of carbonyl (C=O) groups is 1. The van der Waals surface area contributed by atoms with Gasteiger partial charge >= 0.3 is 0 Å². The van der Waals surface area contributed by atoms with Gasteiger partial charge in [0.15, 0.2) is 5.70 Å². The minimum absolute atomic E-state index is 0.166. The van der Waals surface area contributed by atoms with Crippen LogP contribution >= 0.6 is 0 Å². The number of hydrogen-bond acceptors (Lipinski definition) is 4. The van der Waals surface area contributed by atoms with Crippen molar-refractivity contribution in [2.45, 2.75) is 12.8 Å². The fourth-order valence-electron chi connectivity index (χ4n) is 0.825. The van der Waals surface area contributed by atoms with E-state index in [9.17, 15) is 13.2 Å². The molecule has 3 N–H and O–H groups in total. The second-order valence-corrected chi connectivity index (χ2v) is 3.57. The first-order valence-corrected chi connectivity index (χ1v) is 4.93. The van der Waals surface area contributed by atoms with Crippen molar-refractivity contribution < 1.29 is 13.2 Å². The molecule has 5 nitrogen and oxygen atoms in total. The largest absolute Gasteiger partial charge is 0.373 e. The van der Waals surface area contributed by atoms with Gasteiger partial charge in [-0.05, 0) is 18.8 Å². The number of primary amides is 1. The molecule has 1 aliphatic rings. The Labute approximate surface area is 77.1 Å². The fraction of sp³-hybridized carbons (Fsp3) is 0.571. The predicted octanol–water partition coefficient (Wildman–Crippen LogP) is -1.36. The lowest BCUT2D eigenvalue weighted by Crippen LogP contribution is -2.28. The minimum atomic E-state index is -2.51. The second-order valence-electron chi connectivity index (χ2n) is 2.90. The van der Waals surface area contributed by atoms with E-state index in [1.807, 2.05) is 5.02 Å². The van der Waals surface area contributed by atoms with E-state index in [0.717, 1.165) is 12.8 Å². The van der Waals surface area contributed by atoms with Gasteiger partial charge in [0, 0.05) is 11.6 Å². The van der Waals surface area contributed by atoms with Crippen LogP contribution in [-0.4, -0.2) is 25.9 Å². The van der Waals surface area contributed by atoms with E-state index < -0.39 is 16.2 Å². The highest BCUT2D eigenvalue weighted by Crippen LogP contribution is 2.27. The van der Waals surface area contributed by atoms with E-state index in [4.69, 9.17) is 5.73 Å². The first kappa shape index (κ1) is 9.83. The molecule has 1 fully saturated rings.